The second-order valence-electron chi connectivity index (χ2n) is 4.17. The summed E-state index contributed by atoms with van der Waals surface area (Å²) in [6, 6.07) is 1.73. The van der Waals surface area contributed by atoms with Gasteiger partial charge in [-0.05, 0) is 6.07 Å². The summed E-state index contributed by atoms with van der Waals surface area (Å²) in [5, 5.41) is 5.79. The summed E-state index contributed by atoms with van der Waals surface area (Å²) in [5.41, 5.74) is 7.81. The number of pyridine rings is 2. The number of Topliss-reactive ketones (excluding diaryl/α,β-unsaturated/α-hetero) is 1. The summed E-state index contributed by atoms with van der Waals surface area (Å²) in [6.45, 7) is 1.49. The highest BCUT2D eigenvalue weighted by Crippen LogP contribution is 2.27. The Bertz CT molecular complexity index is 790. The molecule has 6 nitrogen and oxygen atoms in total. The summed E-state index contributed by atoms with van der Waals surface area (Å²) in [4.78, 5) is 19.7. The third-order valence-corrected chi connectivity index (χ3v) is 2.95. The van der Waals surface area contributed by atoms with E-state index in [0.29, 0.717) is 17.0 Å². The first-order valence-electron chi connectivity index (χ1n) is 5.46. The van der Waals surface area contributed by atoms with E-state index in [1.54, 1.807) is 23.1 Å². The lowest BCUT2D eigenvalue weighted by Crippen LogP contribution is -2.00. The number of rotatable bonds is 1. The fourth-order valence-corrected chi connectivity index (χ4v) is 2.05. The maximum Gasteiger partial charge on any atom is 0.178 e. The third kappa shape index (κ3) is 1.35. The highest BCUT2D eigenvalue weighted by Gasteiger charge is 2.12. The smallest absolute Gasteiger partial charge is 0.178 e. The minimum absolute atomic E-state index is 0.0796. The summed E-state index contributed by atoms with van der Waals surface area (Å²) in [7, 11) is 1.83. The Morgan fingerprint density at radius 3 is 2.83 bits per heavy atom. The van der Waals surface area contributed by atoms with Gasteiger partial charge in [0.2, 0.25) is 0 Å². The molecule has 0 atom stereocenters. The molecule has 3 heterocycles. The van der Waals surface area contributed by atoms with Crippen molar-refractivity contribution in [1.29, 1.82) is 0 Å². The standard InChI is InChI=1S/C12H11N5O/c1-6(18)9-3-7-10(5-14-9)16-12(13)8-4-15-17(2)11(7)8/h3-5H,1-2H3,(H2,13,16). The van der Waals surface area contributed by atoms with E-state index in [1.165, 1.54) is 6.92 Å². The van der Waals surface area contributed by atoms with Gasteiger partial charge < -0.3 is 5.73 Å². The summed E-state index contributed by atoms with van der Waals surface area (Å²) >= 11 is 0. The molecule has 0 aliphatic carbocycles. The SMILES string of the molecule is CC(=O)c1cc2c(cn1)nc(N)c1cnn(C)c12. The number of anilines is 1. The molecule has 0 fully saturated rings. The van der Waals surface area contributed by atoms with Crippen molar-refractivity contribution >= 4 is 33.4 Å². The topological polar surface area (TPSA) is 86.7 Å². The zero-order chi connectivity index (χ0) is 12.9. The maximum atomic E-state index is 11.4. The zero-order valence-corrected chi connectivity index (χ0v) is 10.0. The Kier molecular flexibility index (Phi) is 2.07. The van der Waals surface area contributed by atoms with Gasteiger partial charge in [-0.1, -0.05) is 0 Å². The first-order chi connectivity index (χ1) is 8.58. The molecule has 2 N–H and O–H groups in total. The van der Waals surface area contributed by atoms with E-state index < -0.39 is 0 Å². The van der Waals surface area contributed by atoms with Gasteiger partial charge in [0.25, 0.3) is 0 Å². The lowest BCUT2D eigenvalue weighted by Gasteiger charge is -2.04. The van der Waals surface area contributed by atoms with E-state index in [1.807, 2.05) is 7.05 Å². The van der Waals surface area contributed by atoms with Crippen LogP contribution in [0.2, 0.25) is 0 Å². The number of nitrogens with two attached hydrogens (primary N) is 1. The van der Waals surface area contributed by atoms with Crippen LogP contribution in [0.5, 0.6) is 0 Å². The number of carbonyl (C=O) groups excluding carboxylic acids is 1. The van der Waals surface area contributed by atoms with Gasteiger partial charge in [0, 0.05) is 19.4 Å². The monoisotopic (exact) mass is 241 g/mol. The normalized spacial score (nSPS) is 11.2. The van der Waals surface area contributed by atoms with Crippen molar-refractivity contribution in [1.82, 2.24) is 19.7 Å². The Balaban J connectivity index is 2.53. The largest absolute Gasteiger partial charge is 0.383 e. The Morgan fingerprint density at radius 1 is 1.33 bits per heavy atom. The molecule has 0 aliphatic heterocycles. The molecule has 90 valence electrons. The van der Waals surface area contributed by atoms with Crippen molar-refractivity contribution in [2.24, 2.45) is 7.05 Å². The Morgan fingerprint density at radius 2 is 2.11 bits per heavy atom. The molecule has 0 saturated heterocycles. The van der Waals surface area contributed by atoms with Crippen molar-refractivity contribution in [2.75, 3.05) is 5.73 Å². The van der Waals surface area contributed by atoms with Crippen LogP contribution in [0.25, 0.3) is 21.8 Å². The second kappa shape index (κ2) is 3.49. The van der Waals surface area contributed by atoms with Gasteiger partial charge in [0.15, 0.2) is 5.78 Å². The van der Waals surface area contributed by atoms with Crippen LogP contribution in [-0.4, -0.2) is 25.5 Å². The predicted octanol–water partition coefficient (Wildman–Crippen LogP) is 1.30. The predicted molar refractivity (Wildman–Crippen MR) is 68.2 cm³/mol. The average molecular weight is 241 g/mol. The van der Waals surface area contributed by atoms with Crippen LogP contribution < -0.4 is 5.73 Å². The first kappa shape index (κ1) is 10.6. The second-order valence-corrected chi connectivity index (χ2v) is 4.17. The molecule has 0 bridgehead atoms. The number of aromatic nitrogens is 4. The molecule has 0 unspecified atom stereocenters. The zero-order valence-electron chi connectivity index (χ0n) is 10.0. The van der Waals surface area contributed by atoms with Gasteiger partial charge in [0.05, 0.1) is 28.8 Å². The van der Waals surface area contributed by atoms with Crippen LogP contribution in [0.3, 0.4) is 0 Å². The molecule has 18 heavy (non-hydrogen) atoms. The number of aryl methyl sites for hydroxylation is 1. The minimum atomic E-state index is -0.0796. The Hall–Kier alpha value is -2.50. The molecule has 3 aromatic heterocycles. The van der Waals surface area contributed by atoms with Crippen LogP contribution in [0, 0.1) is 0 Å². The average Bonchev–Trinajstić information content (AvgIpc) is 2.72. The Labute approximate surface area is 102 Å². The first-order valence-corrected chi connectivity index (χ1v) is 5.46. The molecular formula is C12H11N5O. The number of hydrogen-bond acceptors (Lipinski definition) is 5. The highest BCUT2D eigenvalue weighted by molar-refractivity contribution is 6.09. The molecule has 0 aromatic carbocycles. The number of hydrogen-bond donors (Lipinski definition) is 1. The van der Waals surface area contributed by atoms with Crippen molar-refractivity contribution < 1.29 is 4.79 Å². The number of ketones is 1. The van der Waals surface area contributed by atoms with Gasteiger partial charge >= 0.3 is 0 Å². The summed E-state index contributed by atoms with van der Waals surface area (Å²) in [6.07, 6.45) is 3.24. The molecule has 0 aliphatic rings. The van der Waals surface area contributed by atoms with E-state index in [4.69, 9.17) is 5.73 Å². The summed E-state index contributed by atoms with van der Waals surface area (Å²) < 4.78 is 1.72. The lowest BCUT2D eigenvalue weighted by molar-refractivity contribution is 0.101. The molecule has 3 aromatic rings. The lowest BCUT2D eigenvalue weighted by atomic mass is 10.1. The number of carbonyl (C=O) groups is 1. The quantitative estimate of drug-likeness (QED) is 0.649. The van der Waals surface area contributed by atoms with E-state index >= 15 is 0 Å². The van der Waals surface area contributed by atoms with Gasteiger partial charge in [-0.2, -0.15) is 5.10 Å². The molecule has 0 amide bonds. The van der Waals surface area contributed by atoms with Crippen LogP contribution in [0.15, 0.2) is 18.5 Å². The van der Waals surface area contributed by atoms with Crippen molar-refractivity contribution in [3.63, 3.8) is 0 Å². The number of nitrogens with zero attached hydrogens (tertiary/aromatic N) is 4. The van der Waals surface area contributed by atoms with Crippen molar-refractivity contribution in [3.8, 4) is 0 Å². The van der Waals surface area contributed by atoms with E-state index in [9.17, 15) is 4.79 Å². The maximum absolute atomic E-state index is 11.4. The minimum Gasteiger partial charge on any atom is -0.383 e. The van der Waals surface area contributed by atoms with E-state index in [0.717, 1.165) is 16.3 Å². The molecule has 6 heteroatoms. The van der Waals surface area contributed by atoms with Crippen molar-refractivity contribution in [3.05, 3.63) is 24.2 Å². The molecule has 0 spiro atoms. The van der Waals surface area contributed by atoms with Gasteiger partial charge in [0.1, 0.15) is 11.5 Å². The van der Waals surface area contributed by atoms with Crippen LogP contribution in [0.4, 0.5) is 5.82 Å². The van der Waals surface area contributed by atoms with Crippen molar-refractivity contribution in [2.45, 2.75) is 6.92 Å². The van der Waals surface area contributed by atoms with Gasteiger partial charge in [-0.15, -0.1) is 0 Å². The van der Waals surface area contributed by atoms with Crippen LogP contribution in [0.1, 0.15) is 17.4 Å². The number of fused-ring (bicyclic) bond motifs is 3. The number of nitrogen functional groups attached to an aromatic ring is 1. The molecule has 0 saturated carbocycles. The van der Waals surface area contributed by atoms with Crippen LogP contribution in [-0.2, 0) is 7.05 Å². The molecular weight excluding hydrogens is 230 g/mol. The molecule has 0 radical (unpaired) electrons. The third-order valence-electron chi connectivity index (χ3n) is 2.95. The van der Waals surface area contributed by atoms with Gasteiger partial charge in [-0.25, -0.2) is 4.98 Å². The summed E-state index contributed by atoms with van der Waals surface area (Å²) in [5.74, 6) is 0.340. The highest BCUT2D eigenvalue weighted by atomic mass is 16.1. The van der Waals surface area contributed by atoms with Gasteiger partial charge in [-0.3, -0.25) is 14.5 Å². The fraction of sp³-hybridized carbons (Fsp3) is 0.167. The molecule has 3 rings (SSSR count). The fourth-order valence-electron chi connectivity index (χ4n) is 2.05. The van der Waals surface area contributed by atoms with Crippen LogP contribution >= 0.6 is 0 Å². The van der Waals surface area contributed by atoms with E-state index in [2.05, 4.69) is 15.1 Å². The van der Waals surface area contributed by atoms with E-state index in [-0.39, 0.29) is 5.78 Å².